The van der Waals surface area contributed by atoms with Crippen LogP contribution in [-0.2, 0) is 25.9 Å². The molecule has 0 bridgehead atoms. The van der Waals surface area contributed by atoms with E-state index in [1.807, 2.05) is 0 Å². The number of benzene rings is 1. The van der Waals surface area contributed by atoms with E-state index >= 15 is 0 Å². The van der Waals surface area contributed by atoms with Gasteiger partial charge in [-0.2, -0.15) is 9.40 Å². The highest BCUT2D eigenvalue weighted by Crippen LogP contribution is 2.40. The van der Waals surface area contributed by atoms with E-state index in [1.165, 1.54) is 16.4 Å². The number of H-pyrrole nitrogens is 1. The number of sulfonamides is 1. The van der Waals surface area contributed by atoms with Gasteiger partial charge in [-0.25, -0.2) is 8.42 Å². The Hall–Kier alpha value is -1.45. The Morgan fingerprint density at radius 1 is 1.29 bits per heavy atom. The van der Waals surface area contributed by atoms with E-state index in [0.717, 1.165) is 11.3 Å². The lowest BCUT2D eigenvalue weighted by molar-refractivity contribution is -0.390. The van der Waals surface area contributed by atoms with E-state index in [-0.39, 0.29) is 11.2 Å². The second kappa shape index (κ2) is 5.82. The van der Waals surface area contributed by atoms with Crippen molar-refractivity contribution in [1.82, 2.24) is 14.5 Å². The fourth-order valence-electron chi connectivity index (χ4n) is 3.12. The van der Waals surface area contributed by atoms with Gasteiger partial charge in [0.2, 0.25) is 10.0 Å². The lowest BCUT2D eigenvalue weighted by atomic mass is 10.0. The highest BCUT2D eigenvalue weighted by atomic mass is 35.5. The SMILES string of the molecule is CC1OC(C2c3cn[nH]c3CCN2S(=O)(=O)c2ccc(Cl)cc2)O1. The molecule has 0 saturated carbocycles. The van der Waals surface area contributed by atoms with Crippen molar-refractivity contribution in [2.45, 2.75) is 36.9 Å². The number of nitrogens with one attached hydrogen (secondary N) is 1. The van der Waals surface area contributed by atoms with Crippen LogP contribution in [0.5, 0.6) is 0 Å². The largest absolute Gasteiger partial charge is 0.322 e. The van der Waals surface area contributed by atoms with Gasteiger partial charge in [-0.05, 0) is 31.2 Å². The van der Waals surface area contributed by atoms with Crippen LogP contribution in [0, 0.1) is 0 Å². The van der Waals surface area contributed by atoms with Crippen LogP contribution in [0.15, 0.2) is 35.4 Å². The van der Waals surface area contributed by atoms with E-state index in [2.05, 4.69) is 10.2 Å². The van der Waals surface area contributed by atoms with Gasteiger partial charge in [0.1, 0.15) is 6.04 Å². The number of aromatic amines is 1. The number of nitrogens with zero attached hydrogens (tertiary/aromatic N) is 2. The maximum Gasteiger partial charge on any atom is 0.243 e. The van der Waals surface area contributed by atoms with Crippen molar-refractivity contribution in [3.8, 4) is 0 Å². The van der Waals surface area contributed by atoms with Gasteiger partial charge >= 0.3 is 0 Å². The molecule has 3 heterocycles. The quantitative estimate of drug-likeness (QED) is 0.895. The summed E-state index contributed by atoms with van der Waals surface area (Å²) in [5.74, 6) is 0. The van der Waals surface area contributed by atoms with Gasteiger partial charge in [-0.3, -0.25) is 5.10 Å². The van der Waals surface area contributed by atoms with Gasteiger partial charge in [0.05, 0.1) is 11.1 Å². The Balaban J connectivity index is 1.74. The molecule has 24 heavy (non-hydrogen) atoms. The molecule has 2 aromatic rings. The van der Waals surface area contributed by atoms with E-state index in [0.29, 0.717) is 18.0 Å². The average Bonchev–Trinajstić information content (AvgIpc) is 3.00. The summed E-state index contributed by atoms with van der Waals surface area (Å²) in [7, 11) is -3.71. The number of hydrogen-bond acceptors (Lipinski definition) is 5. The third kappa shape index (κ3) is 2.55. The molecular formula is C15H16ClN3O4S. The first kappa shape index (κ1) is 16.0. The molecule has 1 aromatic heterocycles. The van der Waals surface area contributed by atoms with Crippen LogP contribution in [0.25, 0.3) is 0 Å². The first-order valence-electron chi connectivity index (χ1n) is 7.57. The molecule has 9 heteroatoms. The van der Waals surface area contributed by atoms with Gasteiger partial charge in [0, 0.05) is 29.2 Å². The number of fused-ring (bicyclic) bond motifs is 1. The van der Waals surface area contributed by atoms with E-state index in [9.17, 15) is 8.42 Å². The maximum absolute atomic E-state index is 13.1. The van der Waals surface area contributed by atoms with Gasteiger partial charge in [0.25, 0.3) is 0 Å². The summed E-state index contributed by atoms with van der Waals surface area (Å²) in [6.45, 7) is 2.09. The Kier molecular flexibility index (Phi) is 3.89. The number of hydrogen-bond donors (Lipinski definition) is 1. The number of halogens is 1. The second-order valence-electron chi connectivity index (χ2n) is 5.78. The summed E-state index contributed by atoms with van der Waals surface area (Å²) < 4.78 is 38.8. The Morgan fingerprint density at radius 2 is 2.00 bits per heavy atom. The standard InChI is InChI=1S/C15H16ClN3O4S/c1-9-22-15(23-9)14-12-8-17-18-13(12)6-7-19(14)24(20,21)11-4-2-10(16)3-5-11/h2-5,8-9,14-15H,6-7H2,1H3,(H,17,18). The minimum atomic E-state index is -3.71. The van der Waals surface area contributed by atoms with Crippen LogP contribution >= 0.6 is 11.6 Å². The van der Waals surface area contributed by atoms with E-state index < -0.39 is 22.4 Å². The summed E-state index contributed by atoms with van der Waals surface area (Å²) in [5, 5.41) is 7.45. The van der Waals surface area contributed by atoms with Crippen molar-refractivity contribution in [3.05, 3.63) is 46.7 Å². The molecule has 1 saturated heterocycles. The molecular weight excluding hydrogens is 354 g/mol. The normalized spacial score (nSPS) is 27.5. The lowest BCUT2D eigenvalue weighted by Crippen LogP contribution is -2.52. The molecule has 0 spiro atoms. The summed E-state index contributed by atoms with van der Waals surface area (Å²) in [4.78, 5) is 0.191. The average molecular weight is 370 g/mol. The number of ether oxygens (including phenoxy) is 2. The van der Waals surface area contributed by atoms with Crippen LogP contribution in [0.3, 0.4) is 0 Å². The summed E-state index contributed by atoms with van der Waals surface area (Å²) in [5.41, 5.74) is 1.70. The third-order valence-corrected chi connectivity index (χ3v) is 6.44. The van der Waals surface area contributed by atoms with E-state index in [1.54, 1.807) is 25.3 Å². The third-order valence-electron chi connectivity index (χ3n) is 4.29. The van der Waals surface area contributed by atoms with Crippen LogP contribution in [-0.4, -0.2) is 42.0 Å². The fraction of sp³-hybridized carbons (Fsp3) is 0.400. The predicted molar refractivity (Wildman–Crippen MR) is 85.8 cm³/mol. The highest BCUT2D eigenvalue weighted by molar-refractivity contribution is 7.89. The molecule has 1 aromatic carbocycles. The Labute approximate surface area is 144 Å². The van der Waals surface area contributed by atoms with Crippen LogP contribution in [0.1, 0.15) is 24.2 Å². The lowest BCUT2D eigenvalue weighted by Gasteiger charge is -2.44. The predicted octanol–water partition coefficient (Wildman–Crippen LogP) is 2.07. The Bertz CT molecular complexity index is 846. The van der Waals surface area contributed by atoms with Crippen molar-refractivity contribution in [1.29, 1.82) is 0 Å². The molecule has 0 amide bonds. The van der Waals surface area contributed by atoms with Gasteiger partial charge in [0.15, 0.2) is 12.6 Å². The van der Waals surface area contributed by atoms with Crippen molar-refractivity contribution in [2.24, 2.45) is 0 Å². The molecule has 2 aliphatic heterocycles. The van der Waals surface area contributed by atoms with Crippen LogP contribution in [0.2, 0.25) is 5.02 Å². The zero-order valence-corrected chi connectivity index (χ0v) is 14.4. The first-order chi connectivity index (χ1) is 11.5. The molecule has 0 aliphatic carbocycles. The van der Waals surface area contributed by atoms with Crippen LogP contribution < -0.4 is 0 Å². The molecule has 2 aliphatic rings. The monoisotopic (exact) mass is 369 g/mol. The van der Waals surface area contributed by atoms with Crippen LogP contribution in [0.4, 0.5) is 0 Å². The highest BCUT2D eigenvalue weighted by Gasteiger charge is 2.47. The van der Waals surface area contributed by atoms with Crippen molar-refractivity contribution < 1.29 is 17.9 Å². The van der Waals surface area contributed by atoms with Crippen molar-refractivity contribution >= 4 is 21.6 Å². The second-order valence-corrected chi connectivity index (χ2v) is 8.10. The number of rotatable bonds is 3. The minimum absolute atomic E-state index is 0.191. The zero-order chi connectivity index (χ0) is 16.9. The maximum atomic E-state index is 13.1. The zero-order valence-electron chi connectivity index (χ0n) is 12.8. The molecule has 1 unspecified atom stereocenters. The van der Waals surface area contributed by atoms with Crippen molar-refractivity contribution in [2.75, 3.05) is 6.54 Å². The fourth-order valence-corrected chi connectivity index (χ4v) is 4.84. The minimum Gasteiger partial charge on any atom is -0.322 e. The molecule has 0 radical (unpaired) electrons. The molecule has 128 valence electrons. The summed E-state index contributed by atoms with van der Waals surface area (Å²) >= 11 is 5.87. The Morgan fingerprint density at radius 3 is 2.67 bits per heavy atom. The molecule has 1 atom stereocenters. The molecule has 1 fully saturated rings. The molecule has 7 nitrogen and oxygen atoms in total. The van der Waals surface area contributed by atoms with E-state index in [4.69, 9.17) is 21.1 Å². The van der Waals surface area contributed by atoms with Gasteiger partial charge < -0.3 is 9.47 Å². The smallest absolute Gasteiger partial charge is 0.243 e. The van der Waals surface area contributed by atoms with Gasteiger partial charge in [-0.15, -0.1) is 0 Å². The first-order valence-corrected chi connectivity index (χ1v) is 9.39. The molecule has 4 rings (SSSR count). The topological polar surface area (TPSA) is 84.5 Å². The summed E-state index contributed by atoms with van der Waals surface area (Å²) in [6, 6.07) is 5.57. The molecule has 1 N–H and O–H groups in total. The summed E-state index contributed by atoms with van der Waals surface area (Å²) in [6.07, 6.45) is 1.21. The van der Waals surface area contributed by atoms with Gasteiger partial charge in [-0.1, -0.05) is 11.6 Å². The number of aromatic nitrogens is 2. The van der Waals surface area contributed by atoms with Crippen molar-refractivity contribution in [3.63, 3.8) is 0 Å².